The molecule has 1 heterocycles. The van der Waals surface area contributed by atoms with Gasteiger partial charge in [-0.05, 0) is 31.7 Å². The molecular weight excluding hydrogens is 226 g/mol. The molecule has 2 rings (SSSR count). The highest BCUT2D eigenvalue weighted by Gasteiger charge is 2.29. The third kappa shape index (κ3) is 2.27. The Hall–Kier alpha value is 0.440. The van der Waals surface area contributed by atoms with Crippen LogP contribution in [-0.2, 0) is 0 Å². The van der Waals surface area contributed by atoms with Gasteiger partial charge in [-0.15, -0.1) is 0 Å². The summed E-state index contributed by atoms with van der Waals surface area (Å²) < 4.78 is 0. The first-order valence-electron chi connectivity index (χ1n) is 5.65. The van der Waals surface area contributed by atoms with Crippen LogP contribution in [0, 0.1) is 5.92 Å². The van der Waals surface area contributed by atoms with Crippen molar-refractivity contribution in [3.63, 3.8) is 0 Å². The van der Waals surface area contributed by atoms with Gasteiger partial charge in [0.05, 0.1) is 0 Å². The van der Waals surface area contributed by atoms with E-state index < -0.39 is 0 Å². The summed E-state index contributed by atoms with van der Waals surface area (Å²) in [6, 6.07) is 0.933. The van der Waals surface area contributed by atoms with Gasteiger partial charge >= 0.3 is 0 Å². The van der Waals surface area contributed by atoms with Gasteiger partial charge in [-0.3, -0.25) is 0 Å². The van der Waals surface area contributed by atoms with Crippen LogP contribution in [0.3, 0.4) is 0 Å². The van der Waals surface area contributed by atoms with Crippen molar-refractivity contribution in [3.05, 3.63) is 0 Å². The summed E-state index contributed by atoms with van der Waals surface area (Å²) in [7, 11) is 0. The molecule has 1 aliphatic heterocycles. The van der Waals surface area contributed by atoms with Gasteiger partial charge in [0.2, 0.25) is 0 Å². The fourth-order valence-electron chi connectivity index (χ4n) is 2.75. The maximum absolute atomic E-state index is 3.76. The van der Waals surface area contributed by atoms with E-state index in [1.54, 1.807) is 0 Å². The third-order valence-corrected chi connectivity index (χ3v) is 5.03. The normalized spacial score (nSPS) is 38.3. The Morgan fingerprint density at radius 1 is 1.15 bits per heavy atom. The standard InChI is InChI=1S/C11H20BrN/c1-9-8-13(7-6-11(9)12)10-4-2-3-5-10/h9-11H,2-8H2,1H3. The molecule has 13 heavy (non-hydrogen) atoms. The molecule has 1 nitrogen and oxygen atoms in total. The second-order valence-electron chi connectivity index (χ2n) is 4.72. The average molecular weight is 246 g/mol. The lowest BCUT2D eigenvalue weighted by Crippen LogP contribution is -2.44. The first kappa shape index (κ1) is 9.97. The Balaban J connectivity index is 1.87. The van der Waals surface area contributed by atoms with Crippen LogP contribution in [0.2, 0.25) is 0 Å². The van der Waals surface area contributed by atoms with Gasteiger partial charge < -0.3 is 4.90 Å². The molecule has 0 N–H and O–H groups in total. The lowest BCUT2D eigenvalue weighted by atomic mass is 9.98. The molecule has 0 aromatic heterocycles. The number of nitrogens with zero attached hydrogens (tertiary/aromatic N) is 1. The SMILES string of the molecule is CC1CN(C2CCCC2)CCC1Br. The van der Waals surface area contributed by atoms with Crippen LogP contribution in [0.15, 0.2) is 0 Å². The minimum absolute atomic E-state index is 0.769. The second-order valence-corrected chi connectivity index (χ2v) is 5.89. The molecular formula is C11H20BrN. The van der Waals surface area contributed by atoms with E-state index in [4.69, 9.17) is 0 Å². The fourth-order valence-corrected chi connectivity index (χ4v) is 3.12. The Morgan fingerprint density at radius 3 is 2.46 bits per heavy atom. The zero-order valence-electron chi connectivity index (χ0n) is 8.51. The van der Waals surface area contributed by atoms with Gasteiger partial charge in [0.1, 0.15) is 0 Å². The van der Waals surface area contributed by atoms with E-state index in [2.05, 4.69) is 27.8 Å². The maximum atomic E-state index is 3.76. The molecule has 0 bridgehead atoms. The van der Waals surface area contributed by atoms with Crippen molar-refractivity contribution in [2.45, 2.75) is 49.9 Å². The van der Waals surface area contributed by atoms with E-state index in [0.29, 0.717) is 0 Å². The van der Waals surface area contributed by atoms with Crippen LogP contribution in [0.25, 0.3) is 0 Å². The van der Waals surface area contributed by atoms with E-state index in [-0.39, 0.29) is 0 Å². The maximum Gasteiger partial charge on any atom is 0.0195 e. The Morgan fingerprint density at radius 2 is 1.85 bits per heavy atom. The van der Waals surface area contributed by atoms with Crippen LogP contribution >= 0.6 is 15.9 Å². The van der Waals surface area contributed by atoms with Crippen LogP contribution in [0.4, 0.5) is 0 Å². The lowest BCUT2D eigenvalue weighted by Gasteiger charge is -2.38. The number of alkyl halides is 1. The molecule has 76 valence electrons. The van der Waals surface area contributed by atoms with Crippen molar-refractivity contribution in [2.75, 3.05) is 13.1 Å². The highest BCUT2D eigenvalue weighted by molar-refractivity contribution is 9.09. The summed E-state index contributed by atoms with van der Waals surface area (Å²) in [6.45, 7) is 5.02. The van der Waals surface area contributed by atoms with Crippen molar-refractivity contribution in [2.24, 2.45) is 5.92 Å². The number of piperidine rings is 1. The van der Waals surface area contributed by atoms with E-state index >= 15 is 0 Å². The Bertz CT molecular complexity index is 165. The monoisotopic (exact) mass is 245 g/mol. The zero-order chi connectivity index (χ0) is 9.26. The summed E-state index contributed by atoms with van der Waals surface area (Å²) in [6.07, 6.45) is 7.19. The smallest absolute Gasteiger partial charge is 0.0195 e. The highest BCUT2D eigenvalue weighted by Crippen LogP contribution is 2.30. The molecule has 2 aliphatic rings. The molecule has 1 saturated carbocycles. The van der Waals surface area contributed by atoms with E-state index in [0.717, 1.165) is 16.8 Å². The van der Waals surface area contributed by atoms with Crippen molar-refractivity contribution < 1.29 is 0 Å². The van der Waals surface area contributed by atoms with Gasteiger partial charge in [0, 0.05) is 17.4 Å². The van der Waals surface area contributed by atoms with Crippen LogP contribution < -0.4 is 0 Å². The number of hydrogen-bond acceptors (Lipinski definition) is 1. The zero-order valence-corrected chi connectivity index (χ0v) is 10.1. The molecule has 0 aromatic carbocycles. The van der Waals surface area contributed by atoms with Crippen molar-refractivity contribution >= 4 is 15.9 Å². The quantitative estimate of drug-likeness (QED) is 0.643. The van der Waals surface area contributed by atoms with E-state index in [1.807, 2.05) is 0 Å². The molecule has 2 atom stereocenters. The number of likely N-dealkylation sites (tertiary alicyclic amines) is 1. The lowest BCUT2D eigenvalue weighted by molar-refractivity contribution is 0.137. The first-order valence-corrected chi connectivity index (χ1v) is 6.57. The molecule has 2 fully saturated rings. The van der Waals surface area contributed by atoms with Crippen molar-refractivity contribution in [3.8, 4) is 0 Å². The first-order chi connectivity index (χ1) is 6.27. The van der Waals surface area contributed by atoms with Gasteiger partial charge in [-0.2, -0.15) is 0 Å². The van der Waals surface area contributed by atoms with Crippen LogP contribution in [-0.4, -0.2) is 28.9 Å². The number of hydrogen-bond donors (Lipinski definition) is 0. The molecule has 2 heteroatoms. The Kier molecular flexibility index (Phi) is 3.31. The summed E-state index contributed by atoms with van der Waals surface area (Å²) in [5.74, 6) is 0.842. The van der Waals surface area contributed by atoms with Gasteiger partial charge in [0.25, 0.3) is 0 Å². The van der Waals surface area contributed by atoms with Gasteiger partial charge in [0.15, 0.2) is 0 Å². The average Bonchev–Trinajstić information content (AvgIpc) is 2.62. The number of halogens is 1. The largest absolute Gasteiger partial charge is 0.300 e. The molecule has 0 spiro atoms. The minimum Gasteiger partial charge on any atom is -0.300 e. The van der Waals surface area contributed by atoms with E-state index in [9.17, 15) is 0 Å². The minimum atomic E-state index is 0.769. The van der Waals surface area contributed by atoms with Gasteiger partial charge in [-0.25, -0.2) is 0 Å². The molecule has 0 aromatic rings. The third-order valence-electron chi connectivity index (χ3n) is 3.67. The molecule has 0 amide bonds. The fraction of sp³-hybridized carbons (Fsp3) is 1.00. The second kappa shape index (κ2) is 4.31. The summed E-state index contributed by atoms with van der Waals surface area (Å²) in [5.41, 5.74) is 0. The Labute approximate surface area is 90.0 Å². The molecule has 1 aliphatic carbocycles. The summed E-state index contributed by atoms with van der Waals surface area (Å²) in [4.78, 5) is 3.50. The predicted octanol–water partition coefficient (Wildman–Crippen LogP) is 3.03. The van der Waals surface area contributed by atoms with Crippen LogP contribution in [0.1, 0.15) is 39.0 Å². The number of rotatable bonds is 1. The molecule has 1 saturated heterocycles. The summed E-state index contributed by atoms with van der Waals surface area (Å²) in [5, 5.41) is 0. The topological polar surface area (TPSA) is 3.24 Å². The highest BCUT2D eigenvalue weighted by atomic mass is 79.9. The van der Waals surface area contributed by atoms with E-state index in [1.165, 1.54) is 45.2 Å². The van der Waals surface area contributed by atoms with Crippen molar-refractivity contribution in [1.82, 2.24) is 4.90 Å². The molecule has 0 radical (unpaired) electrons. The summed E-state index contributed by atoms with van der Waals surface area (Å²) >= 11 is 3.76. The van der Waals surface area contributed by atoms with Gasteiger partial charge in [-0.1, -0.05) is 35.7 Å². The predicted molar refractivity (Wildman–Crippen MR) is 60.3 cm³/mol. The van der Waals surface area contributed by atoms with Crippen LogP contribution in [0.5, 0.6) is 0 Å². The molecule has 2 unspecified atom stereocenters. The van der Waals surface area contributed by atoms with Crippen molar-refractivity contribution in [1.29, 1.82) is 0 Å².